The third kappa shape index (κ3) is 4.59. The molecule has 3 rings (SSSR count). The lowest BCUT2D eigenvalue weighted by molar-refractivity contribution is -0.117. The van der Waals surface area contributed by atoms with E-state index in [1.165, 1.54) is 0 Å². The third-order valence-corrected chi connectivity index (χ3v) is 4.38. The van der Waals surface area contributed by atoms with E-state index < -0.39 is 0 Å². The molecule has 1 fully saturated rings. The first kappa shape index (κ1) is 17.0. The maximum atomic E-state index is 12.3. The zero-order chi connectivity index (χ0) is 17.6. The molecule has 1 aromatic heterocycles. The first-order valence-corrected chi connectivity index (χ1v) is 8.37. The molecule has 1 saturated heterocycles. The van der Waals surface area contributed by atoms with Crippen LogP contribution in [-0.4, -0.2) is 36.3 Å². The largest absolute Gasteiger partial charge is 0.497 e. The highest BCUT2D eigenvalue weighted by atomic mass is 16.5. The summed E-state index contributed by atoms with van der Waals surface area (Å²) in [5.74, 6) is 1.01. The number of amides is 1. The monoisotopic (exact) mass is 342 g/mol. The molecule has 0 radical (unpaired) electrons. The van der Waals surface area contributed by atoms with Gasteiger partial charge in [0.05, 0.1) is 19.0 Å². The van der Waals surface area contributed by atoms with Crippen LogP contribution in [-0.2, 0) is 4.79 Å². The zero-order valence-corrected chi connectivity index (χ0v) is 14.2. The second kappa shape index (κ2) is 7.83. The van der Waals surface area contributed by atoms with E-state index in [1.54, 1.807) is 19.4 Å². The fraction of sp³-hybridized carbons (Fsp3) is 0.389. The van der Waals surface area contributed by atoms with Crippen LogP contribution in [0.25, 0.3) is 0 Å². The average molecular weight is 342 g/mol. The summed E-state index contributed by atoms with van der Waals surface area (Å²) in [7, 11) is 1.61. The fourth-order valence-electron chi connectivity index (χ4n) is 3.15. The molecular formula is C18H22N4O3. The molecule has 1 aromatic carbocycles. The molecule has 0 bridgehead atoms. The van der Waals surface area contributed by atoms with Crippen LogP contribution in [0.4, 0.5) is 11.4 Å². The van der Waals surface area contributed by atoms with Crippen molar-refractivity contribution in [3.05, 3.63) is 46.9 Å². The number of anilines is 2. The fourth-order valence-corrected chi connectivity index (χ4v) is 3.15. The van der Waals surface area contributed by atoms with E-state index >= 15 is 0 Å². The molecule has 1 unspecified atom stereocenters. The molecule has 0 saturated carbocycles. The van der Waals surface area contributed by atoms with E-state index in [0.29, 0.717) is 6.42 Å². The Morgan fingerprint density at radius 1 is 1.40 bits per heavy atom. The van der Waals surface area contributed by atoms with Gasteiger partial charge in [0.2, 0.25) is 5.91 Å². The topological polar surface area (TPSA) is 87.3 Å². The van der Waals surface area contributed by atoms with Crippen LogP contribution < -0.4 is 20.5 Å². The van der Waals surface area contributed by atoms with Crippen molar-refractivity contribution < 1.29 is 9.53 Å². The van der Waals surface area contributed by atoms with Crippen molar-refractivity contribution in [2.24, 2.45) is 5.92 Å². The van der Waals surface area contributed by atoms with Crippen molar-refractivity contribution in [2.75, 3.05) is 30.4 Å². The number of piperidine rings is 1. The summed E-state index contributed by atoms with van der Waals surface area (Å²) < 4.78 is 5.11. The van der Waals surface area contributed by atoms with Gasteiger partial charge in [-0.15, -0.1) is 0 Å². The van der Waals surface area contributed by atoms with Crippen LogP contribution in [0, 0.1) is 5.92 Å². The molecule has 1 aliphatic rings. The molecule has 2 heterocycles. The van der Waals surface area contributed by atoms with Crippen LogP contribution in [0.15, 0.2) is 41.3 Å². The van der Waals surface area contributed by atoms with Crippen molar-refractivity contribution >= 4 is 17.3 Å². The molecule has 7 heteroatoms. The van der Waals surface area contributed by atoms with Gasteiger partial charge >= 0.3 is 0 Å². The lowest BCUT2D eigenvalue weighted by atomic mass is 9.94. The van der Waals surface area contributed by atoms with Gasteiger partial charge in [-0.25, -0.2) is 5.10 Å². The Labute approximate surface area is 146 Å². The number of hydrogen-bond donors (Lipinski definition) is 2. The number of carbonyl (C=O) groups is 1. The van der Waals surface area contributed by atoms with E-state index in [-0.39, 0.29) is 17.4 Å². The van der Waals surface area contributed by atoms with E-state index in [9.17, 15) is 9.59 Å². The van der Waals surface area contributed by atoms with Gasteiger partial charge in [-0.3, -0.25) is 9.59 Å². The van der Waals surface area contributed by atoms with Crippen molar-refractivity contribution in [2.45, 2.75) is 19.3 Å². The van der Waals surface area contributed by atoms with Gasteiger partial charge in [0.15, 0.2) is 0 Å². The molecule has 132 valence electrons. The molecule has 1 atom stereocenters. The Morgan fingerprint density at radius 2 is 2.20 bits per heavy atom. The SMILES string of the molecule is COc1ccc(NC(=O)CC2CCCN(c3cn[nH]c(=O)c3)C2)cc1. The quantitative estimate of drug-likeness (QED) is 0.868. The number of carbonyl (C=O) groups excluding carboxylic acids is 1. The van der Waals surface area contributed by atoms with E-state index in [0.717, 1.165) is 43.1 Å². The van der Waals surface area contributed by atoms with Crippen LogP contribution >= 0.6 is 0 Å². The highest BCUT2D eigenvalue weighted by molar-refractivity contribution is 5.90. The van der Waals surface area contributed by atoms with Gasteiger partial charge in [-0.1, -0.05) is 0 Å². The number of nitrogens with one attached hydrogen (secondary N) is 2. The minimum Gasteiger partial charge on any atom is -0.497 e. The maximum Gasteiger partial charge on any atom is 0.266 e. The van der Waals surface area contributed by atoms with Crippen molar-refractivity contribution in [3.63, 3.8) is 0 Å². The minimum absolute atomic E-state index is 0.000973. The maximum absolute atomic E-state index is 12.3. The number of nitrogens with zero attached hydrogens (tertiary/aromatic N) is 2. The van der Waals surface area contributed by atoms with Crippen molar-refractivity contribution in [3.8, 4) is 5.75 Å². The summed E-state index contributed by atoms with van der Waals surface area (Å²) in [6.45, 7) is 1.63. The molecule has 7 nitrogen and oxygen atoms in total. The van der Waals surface area contributed by atoms with Gasteiger partial charge in [0, 0.05) is 31.3 Å². The summed E-state index contributed by atoms with van der Waals surface area (Å²) in [5.41, 5.74) is 1.36. The molecule has 2 aromatic rings. The van der Waals surface area contributed by atoms with E-state index in [1.807, 2.05) is 24.3 Å². The summed E-state index contributed by atoms with van der Waals surface area (Å²) in [6, 6.07) is 8.83. The third-order valence-electron chi connectivity index (χ3n) is 4.38. The Kier molecular flexibility index (Phi) is 5.33. The smallest absolute Gasteiger partial charge is 0.266 e. The lowest BCUT2D eigenvalue weighted by Gasteiger charge is -2.33. The molecule has 0 aliphatic carbocycles. The second-order valence-electron chi connectivity index (χ2n) is 6.24. The molecule has 0 spiro atoms. The lowest BCUT2D eigenvalue weighted by Crippen LogP contribution is -2.37. The van der Waals surface area contributed by atoms with E-state index in [2.05, 4.69) is 20.4 Å². The molecule has 25 heavy (non-hydrogen) atoms. The van der Waals surface area contributed by atoms with E-state index in [4.69, 9.17) is 4.74 Å². The number of aromatic nitrogens is 2. The van der Waals surface area contributed by atoms with Gasteiger partial charge in [-0.2, -0.15) is 5.10 Å². The highest BCUT2D eigenvalue weighted by Gasteiger charge is 2.23. The van der Waals surface area contributed by atoms with Gasteiger partial charge in [0.1, 0.15) is 5.75 Å². The van der Waals surface area contributed by atoms with Gasteiger partial charge in [-0.05, 0) is 43.0 Å². The number of hydrogen-bond acceptors (Lipinski definition) is 5. The Bertz CT molecular complexity index is 772. The number of ether oxygens (including phenoxy) is 1. The molecule has 1 aliphatic heterocycles. The minimum atomic E-state index is -0.211. The standard InChI is InChI=1S/C18H22N4O3/c1-25-16-6-4-14(5-7-16)20-17(23)9-13-3-2-8-22(12-13)15-10-18(24)21-19-11-15/h4-7,10-11,13H,2-3,8-9,12H2,1H3,(H,20,23)(H,21,24). The Morgan fingerprint density at radius 3 is 2.92 bits per heavy atom. The molecule has 2 N–H and O–H groups in total. The van der Waals surface area contributed by atoms with Crippen LogP contribution in [0.3, 0.4) is 0 Å². The first-order valence-electron chi connectivity index (χ1n) is 8.37. The summed E-state index contributed by atoms with van der Waals surface area (Å²) >= 11 is 0. The Hall–Kier alpha value is -2.83. The normalized spacial score (nSPS) is 17.2. The zero-order valence-electron chi connectivity index (χ0n) is 14.2. The average Bonchev–Trinajstić information content (AvgIpc) is 2.62. The first-order chi connectivity index (χ1) is 12.1. The van der Waals surface area contributed by atoms with Crippen LogP contribution in [0.5, 0.6) is 5.75 Å². The molecular weight excluding hydrogens is 320 g/mol. The highest BCUT2D eigenvalue weighted by Crippen LogP contribution is 2.24. The van der Waals surface area contributed by atoms with Crippen LogP contribution in [0.1, 0.15) is 19.3 Å². The number of aromatic amines is 1. The second-order valence-corrected chi connectivity index (χ2v) is 6.24. The predicted molar refractivity (Wildman–Crippen MR) is 96.0 cm³/mol. The van der Waals surface area contributed by atoms with Gasteiger partial charge < -0.3 is 15.0 Å². The summed E-state index contributed by atoms with van der Waals surface area (Å²) in [5, 5.41) is 9.15. The number of benzene rings is 1. The predicted octanol–water partition coefficient (Wildman–Crippen LogP) is 2.02. The van der Waals surface area contributed by atoms with Gasteiger partial charge in [0.25, 0.3) is 5.56 Å². The summed E-state index contributed by atoms with van der Waals surface area (Å²) in [6.07, 6.45) is 4.11. The van der Waals surface area contributed by atoms with Crippen molar-refractivity contribution in [1.29, 1.82) is 0 Å². The molecule has 1 amide bonds. The van der Waals surface area contributed by atoms with Crippen molar-refractivity contribution in [1.82, 2.24) is 10.2 Å². The number of methoxy groups -OCH3 is 1. The number of H-pyrrole nitrogens is 1. The Balaban J connectivity index is 1.56. The summed E-state index contributed by atoms with van der Waals surface area (Å²) in [4.78, 5) is 25.8. The van der Waals surface area contributed by atoms with Crippen LogP contribution in [0.2, 0.25) is 0 Å². The number of rotatable bonds is 5.